The fourth-order valence-electron chi connectivity index (χ4n) is 3.43. The SMILES string of the molecule is CCC1=NO[C@@H](CNC(=O)c2ccc(OC3CCN(C(=O)COC)CC3)cc2)C1. The van der Waals surface area contributed by atoms with Crippen LogP contribution in [0.15, 0.2) is 29.4 Å². The number of ether oxygens (including phenoxy) is 2. The Morgan fingerprint density at radius 1 is 1.24 bits per heavy atom. The molecule has 0 spiro atoms. The van der Waals surface area contributed by atoms with Crippen LogP contribution in [0.25, 0.3) is 0 Å². The molecule has 0 unspecified atom stereocenters. The van der Waals surface area contributed by atoms with Gasteiger partial charge in [-0.2, -0.15) is 0 Å². The minimum atomic E-state index is -0.143. The van der Waals surface area contributed by atoms with Gasteiger partial charge >= 0.3 is 0 Å². The highest BCUT2D eigenvalue weighted by molar-refractivity contribution is 5.94. The normalized spacial score (nSPS) is 19.4. The fourth-order valence-corrected chi connectivity index (χ4v) is 3.43. The summed E-state index contributed by atoms with van der Waals surface area (Å²) in [5.74, 6) is 0.597. The van der Waals surface area contributed by atoms with Crippen molar-refractivity contribution in [1.29, 1.82) is 0 Å². The number of carbonyl (C=O) groups excluding carboxylic acids is 2. The molecule has 1 atom stereocenters. The molecule has 1 aromatic carbocycles. The van der Waals surface area contributed by atoms with Crippen LogP contribution in [0.4, 0.5) is 0 Å². The van der Waals surface area contributed by atoms with Crippen LogP contribution in [-0.2, 0) is 14.4 Å². The average Bonchev–Trinajstić information content (AvgIpc) is 3.21. The van der Waals surface area contributed by atoms with Crippen molar-refractivity contribution >= 4 is 17.5 Å². The second kappa shape index (κ2) is 10.2. The number of hydrogen-bond donors (Lipinski definition) is 1. The van der Waals surface area contributed by atoms with E-state index in [2.05, 4.69) is 10.5 Å². The number of nitrogens with one attached hydrogen (secondary N) is 1. The summed E-state index contributed by atoms with van der Waals surface area (Å²) in [6.07, 6.45) is 3.17. The van der Waals surface area contributed by atoms with Gasteiger partial charge < -0.3 is 24.5 Å². The van der Waals surface area contributed by atoms with E-state index in [1.807, 2.05) is 19.1 Å². The first-order valence-electron chi connectivity index (χ1n) is 10.1. The third kappa shape index (κ3) is 5.93. The minimum absolute atomic E-state index is 0.0156. The standard InChI is InChI=1S/C21H29N3O5/c1-3-16-12-19(29-23-16)13-22-21(26)15-4-6-17(7-5-15)28-18-8-10-24(11-9-18)20(25)14-27-2/h4-7,18-19H,3,8-14H2,1-2H3,(H,22,26)/t19-/m1/s1. The van der Waals surface area contributed by atoms with E-state index in [1.54, 1.807) is 17.0 Å². The molecule has 2 heterocycles. The molecule has 8 nitrogen and oxygen atoms in total. The van der Waals surface area contributed by atoms with Gasteiger partial charge in [-0.05, 0) is 30.7 Å². The molecule has 1 N–H and O–H groups in total. The molecule has 158 valence electrons. The molecule has 0 radical (unpaired) electrons. The van der Waals surface area contributed by atoms with Crippen LogP contribution in [-0.4, -0.2) is 68.0 Å². The second-order valence-electron chi connectivity index (χ2n) is 7.31. The third-order valence-corrected chi connectivity index (χ3v) is 5.17. The molecule has 8 heteroatoms. The van der Waals surface area contributed by atoms with Gasteiger partial charge in [-0.3, -0.25) is 9.59 Å². The van der Waals surface area contributed by atoms with Crippen molar-refractivity contribution in [2.75, 3.05) is 33.4 Å². The Bertz CT molecular complexity index is 726. The minimum Gasteiger partial charge on any atom is -0.490 e. The fraction of sp³-hybridized carbons (Fsp3) is 0.571. The Balaban J connectivity index is 1.41. The monoisotopic (exact) mass is 403 g/mol. The number of carbonyl (C=O) groups is 2. The van der Waals surface area contributed by atoms with Crippen molar-refractivity contribution in [3.8, 4) is 5.75 Å². The van der Waals surface area contributed by atoms with Gasteiger partial charge in [0.25, 0.3) is 5.91 Å². The van der Waals surface area contributed by atoms with Crippen LogP contribution in [0.1, 0.15) is 43.0 Å². The van der Waals surface area contributed by atoms with Crippen molar-refractivity contribution in [2.45, 2.75) is 44.8 Å². The summed E-state index contributed by atoms with van der Waals surface area (Å²) in [6, 6.07) is 7.13. The Morgan fingerprint density at radius 3 is 2.59 bits per heavy atom. The van der Waals surface area contributed by atoms with Crippen LogP contribution in [0.5, 0.6) is 5.75 Å². The van der Waals surface area contributed by atoms with Gasteiger partial charge in [0.05, 0.1) is 12.3 Å². The van der Waals surface area contributed by atoms with Gasteiger partial charge in [0, 0.05) is 45.0 Å². The number of likely N-dealkylation sites (tertiary alicyclic amines) is 1. The van der Waals surface area contributed by atoms with Crippen molar-refractivity contribution in [3.63, 3.8) is 0 Å². The first-order valence-corrected chi connectivity index (χ1v) is 10.1. The highest BCUT2D eigenvalue weighted by Crippen LogP contribution is 2.20. The summed E-state index contributed by atoms with van der Waals surface area (Å²) in [5.41, 5.74) is 1.60. The van der Waals surface area contributed by atoms with E-state index in [4.69, 9.17) is 14.3 Å². The van der Waals surface area contributed by atoms with Crippen LogP contribution >= 0.6 is 0 Å². The van der Waals surface area contributed by atoms with Crippen LogP contribution in [0, 0.1) is 0 Å². The van der Waals surface area contributed by atoms with E-state index < -0.39 is 0 Å². The van der Waals surface area contributed by atoms with Crippen LogP contribution in [0.3, 0.4) is 0 Å². The second-order valence-corrected chi connectivity index (χ2v) is 7.31. The Morgan fingerprint density at radius 2 is 1.97 bits per heavy atom. The number of benzene rings is 1. The van der Waals surface area contributed by atoms with E-state index in [9.17, 15) is 9.59 Å². The van der Waals surface area contributed by atoms with Crippen molar-refractivity contribution < 1.29 is 23.9 Å². The van der Waals surface area contributed by atoms with Gasteiger partial charge in [-0.1, -0.05) is 12.1 Å². The van der Waals surface area contributed by atoms with Gasteiger partial charge in [0.1, 0.15) is 24.6 Å². The summed E-state index contributed by atoms with van der Waals surface area (Å²) < 4.78 is 10.9. The largest absolute Gasteiger partial charge is 0.490 e. The highest BCUT2D eigenvalue weighted by Gasteiger charge is 2.24. The predicted octanol–water partition coefficient (Wildman–Crippen LogP) is 1.99. The number of piperidine rings is 1. The number of hydrogen-bond acceptors (Lipinski definition) is 6. The number of amides is 2. The Hall–Kier alpha value is -2.61. The molecule has 1 aromatic rings. The summed E-state index contributed by atoms with van der Waals surface area (Å²) in [7, 11) is 1.52. The maximum absolute atomic E-state index is 12.3. The highest BCUT2D eigenvalue weighted by atomic mass is 16.6. The molecular weight excluding hydrogens is 374 g/mol. The number of rotatable bonds is 8. The van der Waals surface area contributed by atoms with E-state index in [0.717, 1.165) is 37.1 Å². The van der Waals surface area contributed by atoms with Crippen molar-refractivity contribution in [2.24, 2.45) is 5.16 Å². The quantitative estimate of drug-likeness (QED) is 0.717. The molecular formula is C21H29N3O5. The smallest absolute Gasteiger partial charge is 0.251 e. The van der Waals surface area contributed by atoms with E-state index in [0.29, 0.717) is 25.2 Å². The molecule has 1 fully saturated rings. The predicted molar refractivity (Wildman–Crippen MR) is 108 cm³/mol. The molecule has 0 saturated carbocycles. The lowest BCUT2D eigenvalue weighted by molar-refractivity contribution is -0.136. The first kappa shape index (κ1) is 21.1. The molecule has 3 rings (SSSR count). The number of methoxy groups -OCH3 is 1. The summed E-state index contributed by atoms with van der Waals surface area (Å²) in [5, 5.41) is 6.88. The van der Waals surface area contributed by atoms with Crippen molar-refractivity contribution in [3.05, 3.63) is 29.8 Å². The summed E-state index contributed by atoms with van der Waals surface area (Å²) in [6.45, 7) is 3.93. The third-order valence-electron chi connectivity index (χ3n) is 5.17. The van der Waals surface area contributed by atoms with Gasteiger partial charge in [-0.15, -0.1) is 0 Å². The van der Waals surface area contributed by atoms with E-state index >= 15 is 0 Å². The average molecular weight is 403 g/mol. The Labute approximate surface area is 171 Å². The maximum Gasteiger partial charge on any atom is 0.251 e. The Kier molecular flexibility index (Phi) is 7.46. The topological polar surface area (TPSA) is 89.5 Å². The maximum atomic E-state index is 12.3. The zero-order valence-electron chi connectivity index (χ0n) is 17.1. The molecule has 2 amide bonds. The molecule has 2 aliphatic rings. The molecule has 29 heavy (non-hydrogen) atoms. The molecule has 0 aromatic heterocycles. The number of oxime groups is 1. The molecule has 0 bridgehead atoms. The van der Waals surface area contributed by atoms with Gasteiger partial charge in [0.2, 0.25) is 5.91 Å². The van der Waals surface area contributed by atoms with Crippen LogP contribution in [0.2, 0.25) is 0 Å². The van der Waals surface area contributed by atoms with Gasteiger partial charge in [0.15, 0.2) is 0 Å². The summed E-state index contributed by atoms with van der Waals surface area (Å²) >= 11 is 0. The summed E-state index contributed by atoms with van der Waals surface area (Å²) in [4.78, 5) is 31.3. The lowest BCUT2D eigenvalue weighted by atomic mass is 10.1. The lowest BCUT2D eigenvalue weighted by Gasteiger charge is -2.32. The number of nitrogens with zero attached hydrogens (tertiary/aromatic N) is 2. The molecule has 1 saturated heterocycles. The van der Waals surface area contributed by atoms with E-state index in [-0.39, 0.29) is 30.6 Å². The molecule has 2 aliphatic heterocycles. The van der Waals surface area contributed by atoms with Crippen LogP contribution < -0.4 is 10.1 Å². The zero-order valence-corrected chi connectivity index (χ0v) is 17.1. The van der Waals surface area contributed by atoms with Gasteiger partial charge in [-0.25, -0.2) is 0 Å². The van der Waals surface area contributed by atoms with Crippen molar-refractivity contribution in [1.82, 2.24) is 10.2 Å². The molecule has 0 aliphatic carbocycles. The zero-order chi connectivity index (χ0) is 20.6. The lowest BCUT2D eigenvalue weighted by Crippen LogP contribution is -2.43. The van der Waals surface area contributed by atoms with E-state index in [1.165, 1.54) is 7.11 Å². The first-order chi connectivity index (χ1) is 14.1.